The lowest BCUT2D eigenvalue weighted by Gasteiger charge is -2.16. The van der Waals surface area contributed by atoms with E-state index in [-0.39, 0.29) is 11.4 Å². The van der Waals surface area contributed by atoms with Gasteiger partial charge in [0.2, 0.25) is 6.29 Å². The van der Waals surface area contributed by atoms with Crippen molar-refractivity contribution in [2.75, 3.05) is 6.61 Å². The Kier molecular flexibility index (Phi) is 3.96. The van der Waals surface area contributed by atoms with E-state index in [1.807, 2.05) is 0 Å². The highest BCUT2D eigenvalue weighted by Gasteiger charge is 2.44. The van der Waals surface area contributed by atoms with E-state index in [0.29, 0.717) is 0 Å². The third kappa shape index (κ3) is 2.66. The summed E-state index contributed by atoms with van der Waals surface area (Å²) in [5.74, 6) is -0.0812. The largest absolute Gasteiger partial charge is 0.455 e. The van der Waals surface area contributed by atoms with Crippen molar-refractivity contribution in [3.05, 3.63) is 34.4 Å². The Morgan fingerprint density at radius 3 is 2.58 bits per heavy atom. The van der Waals surface area contributed by atoms with Crippen molar-refractivity contribution >= 4 is 5.69 Å². The fourth-order valence-corrected chi connectivity index (χ4v) is 1.80. The minimum atomic E-state index is -1.39. The minimum absolute atomic E-state index is 0.0812. The summed E-state index contributed by atoms with van der Waals surface area (Å²) in [5, 5.41) is 38.9. The van der Waals surface area contributed by atoms with Crippen LogP contribution in [0.3, 0.4) is 0 Å². The number of rotatable bonds is 4. The van der Waals surface area contributed by atoms with Crippen LogP contribution in [0.15, 0.2) is 24.3 Å². The van der Waals surface area contributed by atoms with Crippen molar-refractivity contribution in [3.8, 4) is 5.75 Å². The molecule has 1 fully saturated rings. The second-order valence-electron chi connectivity index (χ2n) is 4.05. The van der Waals surface area contributed by atoms with Crippen LogP contribution < -0.4 is 4.74 Å². The van der Waals surface area contributed by atoms with Gasteiger partial charge in [0.05, 0.1) is 11.5 Å². The van der Waals surface area contributed by atoms with Gasteiger partial charge < -0.3 is 24.8 Å². The Bertz CT molecular complexity index is 466. The molecular weight excluding hydrogens is 258 g/mol. The molecule has 1 heterocycles. The van der Waals surface area contributed by atoms with E-state index >= 15 is 0 Å². The molecule has 1 saturated heterocycles. The number of nitro benzene ring substituents is 1. The van der Waals surface area contributed by atoms with Crippen LogP contribution in [0.2, 0.25) is 0 Å². The number of benzene rings is 1. The van der Waals surface area contributed by atoms with E-state index < -0.39 is 36.1 Å². The topological polar surface area (TPSA) is 122 Å². The van der Waals surface area contributed by atoms with Crippen LogP contribution in [0.5, 0.6) is 5.75 Å². The Labute approximate surface area is 108 Å². The van der Waals surface area contributed by atoms with Gasteiger partial charge in [0.1, 0.15) is 18.3 Å². The van der Waals surface area contributed by atoms with Crippen molar-refractivity contribution in [2.24, 2.45) is 0 Å². The summed E-state index contributed by atoms with van der Waals surface area (Å²) in [6, 6.07) is 5.61. The van der Waals surface area contributed by atoms with Gasteiger partial charge in [0, 0.05) is 6.07 Å². The molecule has 4 atom stereocenters. The number of nitrogens with zero attached hydrogens (tertiary/aromatic N) is 1. The first-order valence-corrected chi connectivity index (χ1v) is 5.57. The van der Waals surface area contributed by atoms with E-state index in [2.05, 4.69) is 0 Å². The monoisotopic (exact) mass is 271 g/mol. The van der Waals surface area contributed by atoms with Crippen molar-refractivity contribution in [2.45, 2.75) is 24.6 Å². The number of aliphatic hydroxyl groups is 3. The second-order valence-corrected chi connectivity index (χ2v) is 4.05. The van der Waals surface area contributed by atoms with E-state index in [1.54, 1.807) is 0 Å². The molecule has 8 heteroatoms. The van der Waals surface area contributed by atoms with Crippen molar-refractivity contribution in [3.63, 3.8) is 0 Å². The number of para-hydroxylation sites is 2. The molecule has 0 unspecified atom stereocenters. The average Bonchev–Trinajstić information content (AvgIpc) is 2.67. The lowest BCUT2D eigenvalue weighted by Crippen LogP contribution is -2.35. The highest BCUT2D eigenvalue weighted by Crippen LogP contribution is 2.30. The van der Waals surface area contributed by atoms with E-state index in [9.17, 15) is 20.3 Å². The molecule has 1 aliphatic rings. The van der Waals surface area contributed by atoms with Crippen LogP contribution in [0.1, 0.15) is 0 Å². The molecule has 19 heavy (non-hydrogen) atoms. The van der Waals surface area contributed by atoms with Crippen LogP contribution in [-0.4, -0.2) is 51.5 Å². The quantitative estimate of drug-likeness (QED) is 0.494. The molecule has 1 aromatic carbocycles. The van der Waals surface area contributed by atoms with E-state index in [1.165, 1.54) is 24.3 Å². The van der Waals surface area contributed by atoms with Crippen LogP contribution in [-0.2, 0) is 4.74 Å². The fraction of sp³-hybridized carbons (Fsp3) is 0.455. The smallest absolute Gasteiger partial charge is 0.311 e. The number of aliphatic hydroxyl groups excluding tert-OH is 3. The van der Waals surface area contributed by atoms with Gasteiger partial charge in [-0.3, -0.25) is 10.1 Å². The average molecular weight is 271 g/mol. The molecular formula is C11H13NO7. The number of ether oxygens (including phenoxy) is 2. The summed E-state index contributed by atoms with van der Waals surface area (Å²) < 4.78 is 10.3. The zero-order valence-electron chi connectivity index (χ0n) is 9.75. The third-order valence-electron chi connectivity index (χ3n) is 2.80. The number of hydrogen-bond acceptors (Lipinski definition) is 7. The summed E-state index contributed by atoms with van der Waals surface area (Å²) >= 11 is 0. The first kappa shape index (κ1) is 13.7. The van der Waals surface area contributed by atoms with Gasteiger partial charge in [-0.25, -0.2) is 0 Å². The molecule has 2 rings (SSSR count). The normalized spacial score (nSPS) is 30.3. The van der Waals surface area contributed by atoms with E-state index in [4.69, 9.17) is 14.6 Å². The van der Waals surface area contributed by atoms with E-state index in [0.717, 1.165) is 0 Å². The van der Waals surface area contributed by atoms with Gasteiger partial charge in [0.25, 0.3) is 0 Å². The second kappa shape index (κ2) is 5.49. The lowest BCUT2D eigenvalue weighted by molar-refractivity contribution is -0.386. The Balaban J connectivity index is 2.16. The Morgan fingerprint density at radius 2 is 2.00 bits per heavy atom. The summed E-state index contributed by atoms with van der Waals surface area (Å²) in [5.41, 5.74) is -0.278. The molecule has 0 aliphatic carbocycles. The molecule has 0 amide bonds. The molecule has 8 nitrogen and oxygen atoms in total. The molecule has 3 N–H and O–H groups in total. The zero-order valence-corrected chi connectivity index (χ0v) is 9.75. The van der Waals surface area contributed by atoms with Gasteiger partial charge >= 0.3 is 5.69 Å². The van der Waals surface area contributed by atoms with Gasteiger partial charge in [0.15, 0.2) is 5.75 Å². The summed E-state index contributed by atoms with van der Waals surface area (Å²) in [4.78, 5) is 10.2. The Hall–Kier alpha value is -1.74. The maximum atomic E-state index is 10.8. The lowest BCUT2D eigenvalue weighted by atomic mass is 10.1. The maximum absolute atomic E-state index is 10.8. The molecule has 1 aliphatic heterocycles. The van der Waals surface area contributed by atoms with Crippen LogP contribution in [0, 0.1) is 10.1 Å². The number of nitro groups is 1. The highest BCUT2D eigenvalue weighted by molar-refractivity contribution is 5.45. The highest BCUT2D eigenvalue weighted by atomic mass is 16.7. The molecule has 0 aromatic heterocycles. The molecule has 0 radical (unpaired) electrons. The van der Waals surface area contributed by atoms with Gasteiger partial charge in [-0.1, -0.05) is 12.1 Å². The van der Waals surface area contributed by atoms with Crippen molar-refractivity contribution in [1.82, 2.24) is 0 Å². The van der Waals surface area contributed by atoms with Crippen LogP contribution >= 0.6 is 0 Å². The van der Waals surface area contributed by atoms with Gasteiger partial charge in [-0.05, 0) is 6.07 Å². The molecule has 104 valence electrons. The van der Waals surface area contributed by atoms with Crippen LogP contribution in [0.25, 0.3) is 0 Å². The fourth-order valence-electron chi connectivity index (χ4n) is 1.80. The van der Waals surface area contributed by atoms with Crippen LogP contribution in [0.4, 0.5) is 5.69 Å². The number of hydrogen-bond donors (Lipinski definition) is 3. The minimum Gasteiger partial charge on any atom is -0.455 e. The SMILES string of the molecule is O=[N+]([O-])c1ccccc1O[C@@H]1O[C@@H](CO)[C@H](O)[C@H]1O. The molecule has 0 saturated carbocycles. The van der Waals surface area contributed by atoms with Crippen molar-refractivity contribution in [1.29, 1.82) is 0 Å². The predicted octanol–water partition coefficient (Wildman–Crippen LogP) is -0.587. The first-order chi connectivity index (χ1) is 9.04. The molecule has 1 aromatic rings. The first-order valence-electron chi connectivity index (χ1n) is 5.57. The Morgan fingerprint density at radius 1 is 1.32 bits per heavy atom. The summed E-state index contributed by atoms with van der Waals surface area (Å²) in [6.45, 7) is -0.491. The summed E-state index contributed by atoms with van der Waals surface area (Å²) in [7, 11) is 0. The van der Waals surface area contributed by atoms with Gasteiger partial charge in [-0.2, -0.15) is 0 Å². The molecule has 0 spiro atoms. The third-order valence-corrected chi connectivity index (χ3v) is 2.80. The summed E-state index contributed by atoms with van der Waals surface area (Å²) in [6.07, 6.45) is -4.95. The maximum Gasteiger partial charge on any atom is 0.311 e. The van der Waals surface area contributed by atoms with Gasteiger partial charge in [-0.15, -0.1) is 0 Å². The van der Waals surface area contributed by atoms with Crippen molar-refractivity contribution < 1.29 is 29.7 Å². The predicted molar refractivity (Wildman–Crippen MR) is 61.5 cm³/mol. The molecule has 0 bridgehead atoms. The standard InChI is InChI=1S/C11H13NO7/c13-5-8-9(14)10(15)11(19-8)18-7-4-2-1-3-6(7)12(16)17/h1-4,8-11,13-15H,5H2/t8-,9-,10+,11+/m0/s1. The zero-order chi connectivity index (χ0) is 14.0.